The highest BCUT2D eigenvalue weighted by atomic mass is 79.9. The summed E-state index contributed by atoms with van der Waals surface area (Å²) in [5.41, 5.74) is 0.812. The summed E-state index contributed by atoms with van der Waals surface area (Å²) in [6.45, 7) is 0. The number of sulfonamides is 1. The van der Waals surface area contributed by atoms with Gasteiger partial charge in [-0.05, 0) is 29.1 Å². The normalized spacial score (nSPS) is 11.8. The van der Waals surface area contributed by atoms with Crippen LogP contribution in [-0.2, 0) is 10.0 Å². The van der Waals surface area contributed by atoms with Gasteiger partial charge in [-0.2, -0.15) is 18.4 Å². The molecule has 2 rings (SSSR count). The smallest absolute Gasteiger partial charge is 0.199 e. The minimum atomic E-state index is -3.53. The van der Waals surface area contributed by atoms with Crippen LogP contribution in [0.1, 0.15) is 5.56 Å². The lowest BCUT2D eigenvalue weighted by Crippen LogP contribution is -2.17. The molecule has 0 aliphatic rings. The Morgan fingerprint density at radius 1 is 1.22 bits per heavy atom. The maximum atomic E-state index is 11.7. The lowest BCUT2D eigenvalue weighted by Gasteiger charge is -1.99. The van der Waals surface area contributed by atoms with Gasteiger partial charge < -0.3 is 0 Å². The van der Waals surface area contributed by atoms with Crippen molar-refractivity contribution in [2.24, 2.45) is 5.10 Å². The number of halogens is 1. The first-order valence-electron chi connectivity index (χ1n) is 4.92. The van der Waals surface area contributed by atoms with E-state index >= 15 is 0 Å². The van der Waals surface area contributed by atoms with Gasteiger partial charge in [0.2, 0.25) is 0 Å². The number of nitrogens with zero attached hydrogens (tertiary/aromatic N) is 1. The van der Waals surface area contributed by atoms with E-state index in [-0.39, 0.29) is 4.21 Å². The van der Waals surface area contributed by atoms with Crippen LogP contribution in [0.4, 0.5) is 0 Å². The van der Waals surface area contributed by atoms with Gasteiger partial charge in [0.25, 0.3) is 10.0 Å². The van der Waals surface area contributed by atoms with Crippen LogP contribution in [0.2, 0.25) is 0 Å². The average molecular weight is 345 g/mol. The Labute approximate surface area is 118 Å². The van der Waals surface area contributed by atoms with Gasteiger partial charge in [-0.3, -0.25) is 0 Å². The molecule has 94 valence electrons. The Morgan fingerprint density at radius 2 is 1.94 bits per heavy atom. The van der Waals surface area contributed by atoms with E-state index in [2.05, 4.69) is 25.9 Å². The zero-order valence-electron chi connectivity index (χ0n) is 9.08. The van der Waals surface area contributed by atoms with E-state index in [9.17, 15) is 8.42 Å². The van der Waals surface area contributed by atoms with Gasteiger partial charge >= 0.3 is 0 Å². The van der Waals surface area contributed by atoms with Crippen molar-refractivity contribution in [2.45, 2.75) is 4.21 Å². The molecule has 0 atom stereocenters. The molecular formula is C11H9BrN2O2S2. The van der Waals surface area contributed by atoms with Crippen LogP contribution in [0.5, 0.6) is 0 Å². The summed E-state index contributed by atoms with van der Waals surface area (Å²) >= 11 is 4.46. The minimum Gasteiger partial charge on any atom is -0.199 e. The van der Waals surface area contributed by atoms with Gasteiger partial charge in [0.05, 0.1) is 6.21 Å². The van der Waals surface area contributed by atoms with Crippen molar-refractivity contribution >= 4 is 43.5 Å². The molecule has 4 nitrogen and oxygen atoms in total. The molecule has 18 heavy (non-hydrogen) atoms. The van der Waals surface area contributed by atoms with Crippen molar-refractivity contribution in [1.29, 1.82) is 0 Å². The molecule has 0 saturated carbocycles. The Bertz CT molecular complexity index is 634. The summed E-state index contributed by atoms with van der Waals surface area (Å²) in [5.74, 6) is 0. The molecule has 0 saturated heterocycles. The Morgan fingerprint density at radius 3 is 2.56 bits per heavy atom. The Balaban J connectivity index is 2.06. The summed E-state index contributed by atoms with van der Waals surface area (Å²) in [6.07, 6.45) is 1.46. The van der Waals surface area contributed by atoms with Gasteiger partial charge in [0.1, 0.15) is 4.21 Å². The molecule has 1 N–H and O–H groups in total. The summed E-state index contributed by atoms with van der Waals surface area (Å²) in [7, 11) is -3.53. The van der Waals surface area contributed by atoms with Crippen molar-refractivity contribution in [3.63, 3.8) is 0 Å². The van der Waals surface area contributed by atoms with E-state index in [4.69, 9.17) is 0 Å². The van der Waals surface area contributed by atoms with Gasteiger partial charge in [-0.15, -0.1) is 11.3 Å². The molecule has 0 fully saturated rings. The minimum absolute atomic E-state index is 0.246. The van der Waals surface area contributed by atoms with Crippen molar-refractivity contribution in [1.82, 2.24) is 4.83 Å². The molecule has 1 heterocycles. The fourth-order valence-corrected chi connectivity index (χ4v) is 3.22. The van der Waals surface area contributed by atoms with E-state index in [1.807, 2.05) is 24.3 Å². The van der Waals surface area contributed by atoms with Crippen LogP contribution < -0.4 is 4.83 Å². The van der Waals surface area contributed by atoms with Crippen molar-refractivity contribution in [2.75, 3.05) is 0 Å². The number of thiophene rings is 1. The molecule has 0 amide bonds. The summed E-state index contributed by atoms with van der Waals surface area (Å²) < 4.78 is 24.6. The number of hydrazone groups is 1. The third-order valence-corrected chi connectivity index (χ3v) is 5.17. The number of benzene rings is 1. The predicted octanol–water partition coefficient (Wildman–Crippen LogP) is 2.82. The molecule has 0 bridgehead atoms. The number of nitrogens with one attached hydrogen (secondary N) is 1. The zero-order chi connectivity index (χ0) is 13.0. The van der Waals surface area contributed by atoms with Crippen LogP contribution in [0.3, 0.4) is 0 Å². The number of hydrogen-bond donors (Lipinski definition) is 1. The molecule has 0 aliphatic heterocycles. The molecule has 1 aromatic heterocycles. The lowest BCUT2D eigenvalue weighted by molar-refractivity contribution is 0.587. The summed E-state index contributed by atoms with van der Waals surface area (Å²) in [5, 5.41) is 5.43. The topological polar surface area (TPSA) is 58.5 Å². The molecule has 1 aromatic carbocycles. The number of hydrogen-bond acceptors (Lipinski definition) is 4. The first-order valence-corrected chi connectivity index (χ1v) is 8.07. The van der Waals surface area contributed by atoms with Gasteiger partial charge in [-0.1, -0.05) is 34.1 Å². The second-order valence-electron chi connectivity index (χ2n) is 3.34. The fraction of sp³-hybridized carbons (Fsp3) is 0. The van der Waals surface area contributed by atoms with E-state index in [0.29, 0.717) is 0 Å². The van der Waals surface area contributed by atoms with E-state index in [1.54, 1.807) is 11.4 Å². The van der Waals surface area contributed by atoms with E-state index < -0.39 is 10.0 Å². The van der Waals surface area contributed by atoms with E-state index in [0.717, 1.165) is 21.4 Å². The first-order chi connectivity index (χ1) is 8.58. The quantitative estimate of drug-likeness (QED) is 0.684. The van der Waals surface area contributed by atoms with Crippen LogP contribution in [0.15, 0.2) is 55.6 Å². The summed E-state index contributed by atoms with van der Waals surface area (Å²) in [6, 6.07) is 10.6. The Hall–Kier alpha value is -1.18. The molecule has 0 radical (unpaired) electrons. The fourth-order valence-electron chi connectivity index (χ4n) is 1.18. The molecule has 0 unspecified atom stereocenters. The third kappa shape index (κ3) is 3.41. The maximum absolute atomic E-state index is 11.7. The Kier molecular flexibility index (Phi) is 4.15. The maximum Gasteiger partial charge on any atom is 0.286 e. The molecular weight excluding hydrogens is 336 g/mol. The average Bonchev–Trinajstić information content (AvgIpc) is 2.86. The highest BCUT2D eigenvalue weighted by Crippen LogP contribution is 2.15. The monoisotopic (exact) mass is 344 g/mol. The van der Waals surface area contributed by atoms with Crippen molar-refractivity contribution in [3.05, 3.63) is 51.8 Å². The van der Waals surface area contributed by atoms with Gasteiger partial charge in [-0.25, -0.2) is 0 Å². The highest BCUT2D eigenvalue weighted by molar-refractivity contribution is 9.10. The second-order valence-corrected chi connectivity index (χ2v) is 7.09. The second kappa shape index (κ2) is 5.64. The van der Waals surface area contributed by atoms with Crippen molar-refractivity contribution < 1.29 is 8.42 Å². The van der Waals surface area contributed by atoms with Crippen LogP contribution in [0.25, 0.3) is 0 Å². The summed E-state index contributed by atoms with van der Waals surface area (Å²) in [4.78, 5) is 2.16. The lowest BCUT2D eigenvalue weighted by atomic mass is 10.2. The number of rotatable bonds is 4. The van der Waals surface area contributed by atoms with Crippen LogP contribution >= 0.6 is 27.3 Å². The largest absolute Gasteiger partial charge is 0.286 e. The van der Waals surface area contributed by atoms with E-state index in [1.165, 1.54) is 12.3 Å². The third-order valence-electron chi connectivity index (χ3n) is 2.02. The predicted molar refractivity (Wildman–Crippen MR) is 76.4 cm³/mol. The first kappa shape index (κ1) is 13.3. The zero-order valence-corrected chi connectivity index (χ0v) is 12.3. The van der Waals surface area contributed by atoms with Gasteiger partial charge in [0.15, 0.2) is 0 Å². The van der Waals surface area contributed by atoms with Crippen LogP contribution in [0, 0.1) is 0 Å². The molecule has 0 aliphatic carbocycles. The SMILES string of the molecule is O=S(=O)(N/N=C/c1ccc(Br)cc1)c1cccs1. The van der Waals surface area contributed by atoms with Crippen molar-refractivity contribution in [3.8, 4) is 0 Å². The molecule has 0 spiro atoms. The molecule has 7 heteroatoms. The van der Waals surface area contributed by atoms with Crippen LogP contribution in [-0.4, -0.2) is 14.6 Å². The highest BCUT2D eigenvalue weighted by Gasteiger charge is 2.12. The molecule has 2 aromatic rings. The van der Waals surface area contributed by atoms with Gasteiger partial charge in [0, 0.05) is 4.47 Å². The standard InChI is InChI=1S/C11H9BrN2O2S2/c12-10-5-3-9(4-6-10)8-13-14-18(15,16)11-2-1-7-17-11/h1-8,14H/b13-8+.